The maximum Gasteiger partial charge on any atom is 0.272 e. The summed E-state index contributed by atoms with van der Waals surface area (Å²) in [5.74, 6) is -1.16. The molecule has 0 bridgehead atoms. The van der Waals surface area contributed by atoms with Crippen molar-refractivity contribution in [1.82, 2.24) is 25.2 Å². The first-order valence-corrected chi connectivity index (χ1v) is 10.7. The molecule has 30 heavy (non-hydrogen) atoms. The van der Waals surface area contributed by atoms with Crippen molar-refractivity contribution in [2.24, 2.45) is 0 Å². The highest BCUT2D eigenvalue weighted by Crippen LogP contribution is 2.23. The highest BCUT2D eigenvalue weighted by molar-refractivity contribution is 7.18. The molecule has 158 valence electrons. The van der Waals surface area contributed by atoms with E-state index in [9.17, 15) is 14.0 Å². The Kier molecular flexibility index (Phi) is 5.78. The molecule has 1 fully saturated rings. The lowest BCUT2D eigenvalue weighted by Crippen LogP contribution is -2.46. The van der Waals surface area contributed by atoms with Crippen molar-refractivity contribution in [3.05, 3.63) is 50.8 Å². The summed E-state index contributed by atoms with van der Waals surface area (Å²) in [6.45, 7) is 5.71. The molecule has 3 aromatic rings. The van der Waals surface area contributed by atoms with Crippen LogP contribution >= 0.6 is 11.3 Å². The van der Waals surface area contributed by atoms with Crippen LogP contribution in [0.15, 0.2) is 23.1 Å². The summed E-state index contributed by atoms with van der Waals surface area (Å²) in [5, 5.41) is 3.35. The van der Waals surface area contributed by atoms with Gasteiger partial charge >= 0.3 is 0 Å². The number of carbonyl (C=O) groups is 1. The van der Waals surface area contributed by atoms with Crippen LogP contribution in [0.1, 0.15) is 28.0 Å². The van der Waals surface area contributed by atoms with E-state index in [0.717, 1.165) is 41.5 Å². The Morgan fingerprint density at radius 1 is 1.30 bits per heavy atom. The summed E-state index contributed by atoms with van der Waals surface area (Å²) >= 11 is 1.60. The molecule has 0 aromatic carbocycles. The third kappa shape index (κ3) is 4.05. The second-order valence-electron chi connectivity index (χ2n) is 7.16. The predicted octanol–water partition coefficient (Wildman–Crippen LogP) is 1.76. The number of aryl methyl sites for hydroxylation is 1. The molecule has 2 N–H and O–H groups in total. The number of hydrogen-bond donors (Lipinski definition) is 2. The van der Waals surface area contributed by atoms with Crippen molar-refractivity contribution in [3.63, 3.8) is 0 Å². The van der Waals surface area contributed by atoms with Crippen molar-refractivity contribution in [2.75, 3.05) is 38.1 Å². The van der Waals surface area contributed by atoms with Crippen LogP contribution < -0.4 is 15.8 Å². The van der Waals surface area contributed by atoms with E-state index in [0.29, 0.717) is 24.3 Å². The Hall–Kier alpha value is -2.85. The molecule has 8 nitrogen and oxygen atoms in total. The lowest BCUT2D eigenvalue weighted by molar-refractivity contribution is 0.0953. The molecule has 0 atom stereocenters. The second kappa shape index (κ2) is 8.49. The molecule has 0 radical (unpaired) electrons. The largest absolute Gasteiger partial charge is 0.368 e. The van der Waals surface area contributed by atoms with Crippen LogP contribution in [-0.4, -0.2) is 59.0 Å². The highest BCUT2D eigenvalue weighted by Gasteiger charge is 2.21. The van der Waals surface area contributed by atoms with Crippen LogP contribution in [0, 0.1) is 5.82 Å². The Bertz CT molecular complexity index is 1140. The summed E-state index contributed by atoms with van der Waals surface area (Å²) in [7, 11) is 1.45. The summed E-state index contributed by atoms with van der Waals surface area (Å²) in [4.78, 5) is 39.3. The molecule has 1 saturated heterocycles. The van der Waals surface area contributed by atoms with E-state index < -0.39 is 11.7 Å². The maximum atomic E-state index is 14.2. The number of hydrogen-bond acceptors (Lipinski definition) is 7. The number of nitrogens with one attached hydrogen (secondary N) is 2. The Labute approximate surface area is 176 Å². The Balaban J connectivity index is 1.40. The summed E-state index contributed by atoms with van der Waals surface area (Å²) in [6, 6.07) is 3.29. The van der Waals surface area contributed by atoms with Gasteiger partial charge in [-0.05, 0) is 12.5 Å². The standard InChI is InChI=1S/C20H23FN6O2S/c1-3-12-8-15-18(25-19(12)28)24-16(30-15)11-26-4-6-27(7-5-26)13-9-14(21)17(23-10-13)20(29)22-2/h8-10H,3-7,11H2,1-2H3,(H,22,29)(H,25,28). The van der Waals surface area contributed by atoms with Crippen LogP contribution in [0.25, 0.3) is 10.3 Å². The second-order valence-corrected chi connectivity index (χ2v) is 8.28. The summed E-state index contributed by atoms with van der Waals surface area (Å²) < 4.78 is 15.2. The molecular weight excluding hydrogens is 407 g/mol. The van der Waals surface area contributed by atoms with Gasteiger partial charge in [0.15, 0.2) is 17.2 Å². The van der Waals surface area contributed by atoms with Crippen LogP contribution in [0.5, 0.6) is 0 Å². The summed E-state index contributed by atoms with van der Waals surface area (Å²) in [6.07, 6.45) is 2.23. The number of nitrogens with zero attached hydrogens (tertiary/aromatic N) is 4. The molecule has 0 aliphatic carbocycles. The molecule has 10 heteroatoms. The van der Waals surface area contributed by atoms with Gasteiger partial charge in [-0.15, -0.1) is 11.3 Å². The number of anilines is 1. The lowest BCUT2D eigenvalue weighted by Gasteiger charge is -2.35. The van der Waals surface area contributed by atoms with Crippen molar-refractivity contribution in [3.8, 4) is 0 Å². The SMILES string of the molecule is CCc1cc2sc(CN3CCN(c4cnc(C(=O)NC)c(F)c4)CC3)nc2[nH]c1=O. The minimum absolute atomic E-state index is 0.0706. The minimum Gasteiger partial charge on any atom is -0.368 e. The fourth-order valence-electron chi connectivity index (χ4n) is 3.55. The molecule has 0 spiro atoms. The average molecular weight is 431 g/mol. The number of aromatic amines is 1. The van der Waals surface area contributed by atoms with E-state index in [1.165, 1.54) is 13.1 Å². The van der Waals surface area contributed by atoms with Gasteiger partial charge in [0.25, 0.3) is 11.5 Å². The first kappa shape index (κ1) is 20.4. The van der Waals surface area contributed by atoms with E-state index >= 15 is 0 Å². The van der Waals surface area contributed by atoms with Crippen molar-refractivity contribution >= 4 is 33.3 Å². The monoisotopic (exact) mass is 430 g/mol. The van der Waals surface area contributed by atoms with Gasteiger partial charge in [-0.2, -0.15) is 0 Å². The topological polar surface area (TPSA) is 94.2 Å². The number of pyridine rings is 2. The van der Waals surface area contributed by atoms with Gasteiger partial charge in [0.05, 0.1) is 23.1 Å². The third-order valence-corrected chi connectivity index (χ3v) is 6.26. The van der Waals surface area contributed by atoms with E-state index in [2.05, 4.69) is 30.1 Å². The smallest absolute Gasteiger partial charge is 0.272 e. The van der Waals surface area contributed by atoms with E-state index in [-0.39, 0.29) is 11.3 Å². The number of amides is 1. The number of H-pyrrole nitrogens is 1. The molecule has 1 aliphatic rings. The van der Waals surface area contributed by atoms with E-state index in [1.807, 2.05) is 13.0 Å². The zero-order valence-corrected chi connectivity index (χ0v) is 17.7. The Morgan fingerprint density at radius 3 is 2.73 bits per heavy atom. The molecule has 0 unspecified atom stereocenters. The fourth-order valence-corrected chi connectivity index (χ4v) is 4.58. The van der Waals surface area contributed by atoms with Crippen LogP contribution in [0.3, 0.4) is 0 Å². The highest BCUT2D eigenvalue weighted by atomic mass is 32.1. The van der Waals surface area contributed by atoms with Gasteiger partial charge in [0.2, 0.25) is 0 Å². The number of fused-ring (bicyclic) bond motifs is 1. The molecule has 1 amide bonds. The lowest BCUT2D eigenvalue weighted by atomic mass is 10.2. The number of aromatic nitrogens is 3. The molecule has 4 heterocycles. The molecule has 4 rings (SSSR count). The number of carbonyl (C=O) groups excluding carboxylic acids is 1. The summed E-state index contributed by atoms with van der Waals surface area (Å²) in [5.41, 5.74) is 1.83. The van der Waals surface area contributed by atoms with Crippen molar-refractivity contribution < 1.29 is 9.18 Å². The third-order valence-electron chi connectivity index (χ3n) is 5.27. The van der Waals surface area contributed by atoms with Gasteiger partial charge in [-0.3, -0.25) is 14.5 Å². The zero-order chi connectivity index (χ0) is 21.3. The van der Waals surface area contributed by atoms with Crippen molar-refractivity contribution in [2.45, 2.75) is 19.9 Å². The van der Waals surface area contributed by atoms with Gasteiger partial charge in [-0.25, -0.2) is 14.4 Å². The average Bonchev–Trinajstić information content (AvgIpc) is 3.13. The Morgan fingerprint density at radius 2 is 2.07 bits per heavy atom. The van der Waals surface area contributed by atoms with E-state index in [1.54, 1.807) is 17.5 Å². The first-order chi connectivity index (χ1) is 14.5. The van der Waals surface area contributed by atoms with Gasteiger partial charge in [-0.1, -0.05) is 6.92 Å². The van der Waals surface area contributed by atoms with Crippen LogP contribution in [0.2, 0.25) is 0 Å². The maximum absolute atomic E-state index is 14.2. The molecular formula is C20H23FN6O2S. The predicted molar refractivity (Wildman–Crippen MR) is 115 cm³/mol. The number of halogens is 1. The normalized spacial score (nSPS) is 15.0. The fraction of sp³-hybridized carbons (Fsp3) is 0.400. The first-order valence-electron chi connectivity index (χ1n) is 9.85. The molecule has 1 aliphatic heterocycles. The van der Waals surface area contributed by atoms with Crippen molar-refractivity contribution in [1.29, 1.82) is 0 Å². The number of piperazine rings is 1. The van der Waals surface area contributed by atoms with E-state index in [4.69, 9.17) is 0 Å². The van der Waals surface area contributed by atoms with Crippen LogP contribution in [0.4, 0.5) is 10.1 Å². The molecule has 0 saturated carbocycles. The quantitative estimate of drug-likeness (QED) is 0.641. The van der Waals surface area contributed by atoms with Crippen LogP contribution in [-0.2, 0) is 13.0 Å². The van der Waals surface area contributed by atoms with Gasteiger partial charge < -0.3 is 15.2 Å². The molecule has 3 aromatic heterocycles. The van der Waals surface area contributed by atoms with Gasteiger partial charge in [0, 0.05) is 44.9 Å². The van der Waals surface area contributed by atoms with Gasteiger partial charge in [0.1, 0.15) is 5.01 Å². The minimum atomic E-state index is -0.621. The number of thiazole rings is 1. The number of rotatable bonds is 5. The zero-order valence-electron chi connectivity index (χ0n) is 16.9.